The number of ether oxygens (including phenoxy) is 1. The third-order valence-electron chi connectivity index (χ3n) is 3.23. The standard InChI is InChI=1S/C17H18F3N3OS/c1-23(2)14-8-6-13(7-9-14)22-16(25)21-11-12-4-3-5-15(10-12)24-17(18,19)20/h3-10H,11H2,1-2H3,(H2,21,22,25). The van der Waals surface area contributed by atoms with Gasteiger partial charge in [-0.1, -0.05) is 12.1 Å². The molecule has 0 spiro atoms. The van der Waals surface area contributed by atoms with Crippen LogP contribution in [0, 0.1) is 0 Å². The van der Waals surface area contributed by atoms with E-state index in [0.29, 0.717) is 10.7 Å². The van der Waals surface area contributed by atoms with E-state index in [1.165, 1.54) is 18.2 Å². The Hall–Kier alpha value is -2.48. The number of nitrogens with zero attached hydrogens (tertiary/aromatic N) is 1. The highest BCUT2D eigenvalue weighted by Gasteiger charge is 2.31. The maximum Gasteiger partial charge on any atom is 0.573 e. The molecule has 2 N–H and O–H groups in total. The SMILES string of the molecule is CN(C)c1ccc(NC(=S)NCc2cccc(OC(F)(F)F)c2)cc1. The number of hydrogen-bond acceptors (Lipinski definition) is 3. The van der Waals surface area contributed by atoms with Crippen LogP contribution in [0.1, 0.15) is 5.56 Å². The van der Waals surface area contributed by atoms with Gasteiger partial charge in [0, 0.05) is 32.0 Å². The number of benzene rings is 2. The first kappa shape index (κ1) is 18.9. The van der Waals surface area contributed by atoms with Gasteiger partial charge in [-0.05, 0) is 54.2 Å². The summed E-state index contributed by atoms with van der Waals surface area (Å²) in [6.45, 7) is 0.274. The van der Waals surface area contributed by atoms with Gasteiger partial charge < -0.3 is 20.3 Å². The lowest BCUT2D eigenvalue weighted by molar-refractivity contribution is -0.274. The zero-order valence-electron chi connectivity index (χ0n) is 13.7. The molecule has 2 aromatic carbocycles. The molecule has 25 heavy (non-hydrogen) atoms. The van der Waals surface area contributed by atoms with Gasteiger partial charge >= 0.3 is 6.36 Å². The van der Waals surface area contributed by atoms with Crippen LogP contribution in [-0.2, 0) is 6.54 Å². The van der Waals surface area contributed by atoms with Crippen LogP contribution in [-0.4, -0.2) is 25.6 Å². The second kappa shape index (κ2) is 8.06. The molecule has 8 heteroatoms. The highest BCUT2D eigenvalue weighted by Crippen LogP contribution is 2.23. The van der Waals surface area contributed by atoms with Crippen molar-refractivity contribution >= 4 is 28.7 Å². The first-order valence-corrected chi connectivity index (χ1v) is 7.81. The number of thiocarbonyl (C=S) groups is 1. The Morgan fingerprint density at radius 1 is 1.12 bits per heavy atom. The highest BCUT2D eigenvalue weighted by atomic mass is 32.1. The van der Waals surface area contributed by atoms with Gasteiger partial charge in [-0.2, -0.15) is 0 Å². The van der Waals surface area contributed by atoms with Gasteiger partial charge in [-0.25, -0.2) is 0 Å². The van der Waals surface area contributed by atoms with Crippen LogP contribution >= 0.6 is 12.2 Å². The van der Waals surface area contributed by atoms with E-state index in [0.717, 1.165) is 11.4 Å². The summed E-state index contributed by atoms with van der Waals surface area (Å²) in [5.41, 5.74) is 2.50. The number of rotatable bonds is 5. The van der Waals surface area contributed by atoms with E-state index in [1.807, 2.05) is 43.3 Å². The van der Waals surface area contributed by atoms with Crippen LogP contribution < -0.4 is 20.3 Å². The monoisotopic (exact) mass is 369 g/mol. The summed E-state index contributed by atoms with van der Waals surface area (Å²) in [4.78, 5) is 1.98. The molecule has 0 atom stereocenters. The first-order chi connectivity index (χ1) is 11.7. The van der Waals surface area contributed by atoms with Crippen molar-refractivity contribution in [3.05, 3.63) is 54.1 Å². The average Bonchev–Trinajstić information content (AvgIpc) is 2.52. The van der Waals surface area contributed by atoms with Crippen LogP contribution in [0.15, 0.2) is 48.5 Å². The number of alkyl halides is 3. The zero-order valence-corrected chi connectivity index (χ0v) is 14.5. The average molecular weight is 369 g/mol. The molecule has 0 aromatic heterocycles. The molecule has 134 valence electrons. The molecular weight excluding hydrogens is 351 g/mol. The molecule has 0 bridgehead atoms. The molecule has 0 aliphatic carbocycles. The lowest BCUT2D eigenvalue weighted by Crippen LogP contribution is -2.28. The number of halogens is 3. The van der Waals surface area contributed by atoms with Gasteiger partial charge in [0.25, 0.3) is 0 Å². The predicted molar refractivity (Wildman–Crippen MR) is 97.0 cm³/mol. The fourth-order valence-electron chi connectivity index (χ4n) is 2.05. The largest absolute Gasteiger partial charge is 0.573 e. The third-order valence-corrected chi connectivity index (χ3v) is 3.47. The maximum absolute atomic E-state index is 12.2. The van der Waals surface area contributed by atoms with Crippen LogP contribution in [0.5, 0.6) is 5.75 Å². The van der Waals surface area contributed by atoms with Gasteiger partial charge in [-0.15, -0.1) is 13.2 Å². The Labute approximate surface area is 149 Å². The Morgan fingerprint density at radius 2 is 1.80 bits per heavy atom. The topological polar surface area (TPSA) is 36.5 Å². The molecule has 0 aliphatic rings. The van der Waals surface area contributed by atoms with Gasteiger partial charge in [0.1, 0.15) is 5.75 Å². The Morgan fingerprint density at radius 3 is 2.40 bits per heavy atom. The predicted octanol–water partition coefficient (Wildman–Crippen LogP) is 4.14. The third kappa shape index (κ3) is 6.50. The summed E-state index contributed by atoms with van der Waals surface area (Å²) in [7, 11) is 3.90. The van der Waals surface area contributed by atoms with Gasteiger partial charge in [0.2, 0.25) is 0 Å². The van der Waals surface area contributed by atoms with Crippen molar-refractivity contribution in [3.63, 3.8) is 0 Å². The summed E-state index contributed by atoms with van der Waals surface area (Å²) in [6.07, 6.45) is -4.71. The van der Waals surface area contributed by atoms with E-state index in [4.69, 9.17) is 12.2 Å². The molecule has 0 aliphatic heterocycles. The quantitative estimate of drug-likeness (QED) is 0.775. The molecule has 0 fully saturated rings. The molecule has 2 rings (SSSR count). The number of anilines is 2. The summed E-state index contributed by atoms with van der Waals surface area (Å²) in [6, 6.07) is 13.4. The van der Waals surface area contributed by atoms with Crippen molar-refractivity contribution in [3.8, 4) is 5.75 Å². The summed E-state index contributed by atoms with van der Waals surface area (Å²) in [5, 5.41) is 6.34. The van der Waals surface area contributed by atoms with Crippen LogP contribution in [0.2, 0.25) is 0 Å². The molecule has 0 heterocycles. The van der Waals surface area contributed by atoms with Gasteiger partial charge in [0.15, 0.2) is 5.11 Å². The Balaban J connectivity index is 1.88. The fourth-order valence-corrected chi connectivity index (χ4v) is 2.24. The molecular formula is C17H18F3N3OS. The lowest BCUT2D eigenvalue weighted by Gasteiger charge is -2.14. The fraction of sp³-hybridized carbons (Fsp3) is 0.235. The van der Waals surface area contributed by atoms with Crippen LogP contribution in [0.25, 0.3) is 0 Å². The van der Waals surface area contributed by atoms with E-state index in [1.54, 1.807) is 6.07 Å². The van der Waals surface area contributed by atoms with Crippen molar-refractivity contribution in [2.75, 3.05) is 24.3 Å². The summed E-state index contributed by atoms with van der Waals surface area (Å²) in [5.74, 6) is -0.259. The normalized spacial score (nSPS) is 10.9. The molecule has 0 radical (unpaired) electrons. The minimum absolute atomic E-state index is 0.259. The maximum atomic E-state index is 12.2. The number of nitrogens with one attached hydrogen (secondary N) is 2. The smallest absolute Gasteiger partial charge is 0.406 e. The van der Waals surface area contributed by atoms with E-state index < -0.39 is 6.36 Å². The molecule has 4 nitrogen and oxygen atoms in total. The minimum Gasteiger partial charge on any atom is -0.406 e. The second-order valence-corrected chi connectivity index (χ2v) is 5.85. The van der Waals surface area contributed by atoms with Crippen molar-refractivity contribution < 1.29 is 17.9 Å². The van der Waals surface area contributed by atoms with Gasteiger partial charge in [0.05, 0.1) is 0 Å². The Bertz CT molecular complexity index is 718. The summed E-state index contributed by atoms with van der Waals surface area (Å²) >= 11 is 5.20. The van der Waals surface area contributed by atoms with Crippen molar-refractivity contribution in [1.82, 2.24) is 5.32 Å². The molecule has 0 unspecified atom stereocenters. The summed E-state index contributed by atoms with van der Waals surface area (Å²) < 4.78 is 40.6. The van der Waals surface area contributed by atoms with Crippen LogP contribution in [0.4, 0.5) is 24.5 Å². The van der Waals surface area contributed by atoms with E-state index in [9.17, 15) is 13.2 Å². The van der Waals surface area contributed by atoms with Crippen molar-refractivity contribution in [1.29, 1.82) is 0 Å². The molecule has 0 amide bonds. The number of hydrogen-bond donors (Lipinski definition) is 2. The zero-order chi connectivity index (χ0) is 18.4. The second-order valence-electron chi connectivity index (χ2n) is 5.44. The molecule has 0 saturated heterocycles. The lowest BCUT2D eigenvalue weighted by atomic mass is 10.2. The van der Waals surface area contributed by atoms with Crippen molar-refractivity contribution in [2.24, 2.45) is 0 Å². The van der Waals surface area contributed by atoms with Gasteiger partial charge in [-0.3, -0.25) is 0 Å². The van der Waals surface area contributed by atoms with E-state index in [-0.39, 0.29) is 12.3 Å². The Kier molecular flexibility index (Phi) is 6.08. The van der Waals surface area contributed by atoms with E-state index >= 15 is 0 Å². The first-order valence-electron chi connectivity index (χ1n) is 7.40. The molecule has 2 aromatic rings. The molecule has 0 saturated carbocycles. The van der Waals surface area contributed by atoms with E-state index in [2.05, 4.69) is 15.4 Å². The van der Waals surface area contributed by atoms with Crippen LogP contribution in [0.3, 0.4) is 0 Å². The van der Waals surface area contributed by atoms with Crippen molar-refractivity contribution in [2.45, 2.75) is 12.9 Å². The minimum atomic E-state index is -4.71. The highest BCUT2D eigenvalue weighted by molar-refractivity contribution is 7.80.